The minimum absolute atomic E-state index is 0.0492. The lowest BCUT2D eigenvalue weighted by molar-refractivity contribution is -0.146. The van der Waals surface area contributed by atoms with Crippen molar-refractivity contribution in [3.8, 4) is 17.5 Å². The smallest absolute Gasteiger partial charge is 0.254 e. The van der Waals surface area contributed by atoms with Gasteiger partial charge < -0.3 is 10.6 Å². The summed E-state index contributed by atoms with van der Waals surface area (Å²) in [4.78, 5) is 29.4. The number of pyridine rings is 1. The summed E-state index contributed by atoms with van der Waals surface area (Å²) < 4.78 is 1.74. The summed E-state index contributed by atoms with van der Waals surface area (Å²) in [5, 5.41) is 19.8. The molecule has 2 bridgehead atoms. The molecule has 4 saturated carbocycles. The van der Waals surface area contributed by atoms with Crippen LogP contribution in [-0.4, -0.2) is 38.9 Å². The van der Waals surface area contributed by atoms with Gasteiger partial charge in [0.1, 0.15) is 11.9 Å². The molecule has 4 aliphatic rings. The first-order valence-corrected chi connectivity index (χ1v) is 11.3. The summed E-state index contributed by atoms with van der Waals surface area (Å²) in [7, 11) is 1.61. The number of hydrogen-bond donors (Lipinski definition) is 2. The first-order valence-electron chi connectivity index (χ1n) is 11.3. The number of Topliss-reactive ketones (excluding diaryl/α,β-unsaturated/α-hetero) is 1. The van der Waals surface area contributed by atoms with Crippen LogP contribution in [0.4, 0.5) is 5.69 Å². The van der Waals surface area contributed by atoms with Crippen LogP contribution in [-0.2, 0) is 4.79 Å². The van der Waals surface area contributed by atoms with E-state index in [9.17, 15) is 9.59 Å². The minimum Gasteiger partial charge on any atom is -0.379 e. The van der Waals surface area contributed by atoms with Crippen molar-refractivity contribution in [1.29, 1.82) is 5.26 Å². The Morgan fingerprint density at radius 2 is 2.00 bits per heavy atom. The summed E-state index contributed by atoms with van der Waals surface area (Å²) in [6, 6.07) is 9.58. The standard InChI is InChI=1S/C25H24N6O2/c1-27-23(33)18-11-28-20(21-5-4-17-6-15(9-26)10-29-31(17)21)7-19(18)30-25-12-24(13-25,14-25)8-22(32)16-2-3-16/h4-7,10-11,16H,2-3,8,12-14H2,1H3,(H,27,33)(H,28,30). The number of nitrogens with one attached hydrogen (secondary N) is 2. The van der Waals surface area contributed by atoms with Gasteiger partial charge in [0, 0.05) is 31.1 Å². The summed E-state index contributed by atoms with van der Waals surface area (Å²) in [5.41, 5.74) is 4.12. The van der Waals surface area contributed by atoms with Gasteiger partial charge in [0.15, 0.2) is 0 Å². The third kappa shape index (κ3) is 3.18. The van der Waals surface area contributed by atoms with Crippen molar-refractivity contribution in [2.45, 2.75) is 44.1 Å². The maximum absolute atomic E-state index is 12.5. The Balaban J connectivity index is 1.28. The molecule has 0 aliphatic heterocycles. The second kappa shape index (κ2) is 6.88. The number of ketones is 1. The lowest BCUT2D eigenvalue weighted by atomic mass is 9.38. The van der Waals surface area contributed by atoms with E-state index in [1.165, 1.54) is 6.20 Å². The molecule has 4 aliphatic carbocycles. The maximum Gasteiger partial charge on any atom is 0.254 e. The van der Waals surface area contributed by atoms with Crippen molar-refractivity contribution in [3.63, 3.8) is 0 Å². The molecule has 0 atom stereocenters. The molecule has 8 nitrogen and oxygen atoms in total. The van der Waals surface area contributed by atoms with Crippen molar-refractivity contribution in [2.75, 3.05) is 12.4 Å². The highest BCUT2D eigenvalue weighted by molar-refractivity contribution is 6.00. The van der Waals surface area contributed by atoms with Gasteiger partial charge in [0.2, 0.25) is 0 Å². The van der Waals surface area contributed by atoms with Gasteiger partial charge in [-0.1, -0.05) is 0 Å². The van der Waals surface area contributed by atoms with Crippen LogP contribution in [0.25, 0.3) is 16.9 Å². The number of fused-ring (bicyclic) bond motifs is 1. The van der Waals surface area contributed by atoms with Crippen molar-refractivity contribution < 1.29 is 9.59 Å². The Bertz CT molecular complexity index is 1340. The van der Waals surface area contributed by atoms with Gasteiger partial charge in [-0.3, -0.25) is 14.6 Å². The quantitative estimate of drug-likeness (QED) is 0.583. The minimum atomic E-state index is -0.196. The molecule has 3 aromatic heterocycles. The van der Waals surface area contributed by atoms with E-state index in [0.29, 0.717) is 34.9 Å². The van der Waals surface area contributed by atoms with Crippen molar-refractivity contribution in [1.82, 2.24) is 19.9 Å². The molecule has 2 N–H and O–H groups in total. The molecule has 0 spiro atoms. The normalized spacial score (nSPS) is 25.0. The van der Waals surface area contributed by atoms with E-state index in [1.54, 1.807) is 23.8 Å². The molecule has 0 aromatic carbocycles. The first kappa shape index (κ1) is 19.9. The lowest BCUT2D eigenvalue weighted by Gasteiger charge is -2.71. The zero-order valence-electron chi connectivity index (χ0n) is 18.4. The molecule has 166 valence electrons. The number of anilines is 1. The predicted molar refractivity (Wildman–Crippen MR) is 122 cm³/mol. The Labute approximate surface area is 191 Å². The van der Waals surface area contributed by atoms with Gasteiger partial charge in [0.25, 0.3) is 5.91 Å². The van der Waals surface area contributed by atoms with Crippen LogP contribution in [0.3, 0.4) is 0 Å². The number of rotatable bonds is 7. The Morgan fingerprint density at radius 3 is 2.70 bits per heavy atom. The largest absolute Gasteiger partial charge is 0.379 e. The first-order chi connectivity index (χ1) is 15.9. The van der Waals surface area contributed by atoms with Crippen LogP contribution >= 0.6 is 0 Å². The fraction of sp³-hybridized carbons (Fsp3) is 0.400. The maximum atomic E-state index is 12.5. The van der Waals surface area contributed by atoms with Crippen molar-refractivity contribution in [3.05, 3.63) is 47.8 Å². The fourth-order valence-electron chi connectivity index (χ4n) is 5.79. The second-order valence-corrected chi connectivity index (χ2v) is 9.96. The molecular weight excluding hydrogens is 416 g/mol. The molecule has 0 radical (unpaired) electrons. The van der Waals surface area contributed by atoms with Crippen LogP contribution in [0.2, 0.25) is 0 Å². The third-order valence-electron chi connectivity index (χ3n) is 7.39. The van der Waals surface area contributed by atoms with Gasteiger partial charge in [0.05, 0.1) is 39.9 Å². The fourth-order valence-corrected chi connectivity index (χ4v) is 5.79. The number of nitriles is 1. The monoisotopic (exact) mass is 440 g/mol. The molecule has 7 rings (SSSR count). The number of aromatic nitrogens is 3. The van der Waals surface area contributed by atoms with Crippen LogP contribution in [0, 0.1) is 22.7 Å². The average molecular weight is 441 g/mol. The van der Waals surface area contributed by atoms with Crippen molar-refractivity contribution >= 4 is 22.9 Å². The van der Waals surface area contributed by atoms with E-state index in [4.69, 9.17) is 5.26 Å². The molecule has 4 fully saturated rings. The molecule has 33 heavy (non-hydrogen) atoms. The van der Waals surface area contributed by atoms with E-state index in [1.807, 2.05) is 18.2 Å². The molecule has 0 saturated heterocycles. The zero-order chi connectivity index (χ0) is 22.8. The van der Waals surface area contributed by atoms with Crippen molar-refractivity contribution in [2.24, 2.45) is 11.3 Å². The number of carbonyl (C=O) groups is 2. The summed E-state index contributed by atoms with van der Waals surface area (Å²) in [5.74, 6) is 0.562. The lowest BCUT2D eigenvalue weighted by Crippen LogP contribution is -2.71. The number of hydrogen-bond acceptors (Lipinski definition) is 6. The summed E-state index contributed by atoms with van der Waals surface area (Å²) in [6.45, 7) is 0. The Kier molecular flexibility index (Phi) is 4.15. The van der Waals surface area contributed by atoms with Crippen LogP contribution in [0.15, 0.2) is 36.7 Å². The molecule has 1 amide bonds. The Morgan fingerprint density at radius 1 is 1.21 bits per heavy atom. The van der Waals surface area contributed by atoms with Crippen LogP contribution in [0.1, 0.15) is 54.4 Å². The second-order valence-electron chi connectivity index (χ2n) is 9.96. The molecular formula is C25H24N6O2. The topological polar surface area (TPSA) is 112 Å². The van der Waals surface area contributed by atoms with Crippen LogP contribution < -0.4 is 10.6 Å². The van der Waals surface area contributed by atoms with E-state index < -0.39 is 0 Å². The zero-order valence-corrected chi connectivity index (χ0v) is 18.4. The highest BCUT2D eigenvalue weighted by Crippen LogP contribution is 2.70. The van der Waals surface area contributed by atoms with Gasteiger partial charge in [-0.25, -0.2) is 4.52 Å². The van der Waals surface area contributed by atoms with E-state index in [2.05, 4.69) is 26.8 Å². The molecule has 3 heterocycles. The summed E-state index contributed by atoms with van der Waals surface area (Å²) in [6.07, 6.45) is 8.86. The number of nitrogens with zero attached hydrogens (tertiary/aromatic N) is 4. The highest BCUT2D eigenvalue weighted by Gasteiger charge is 2.68. The molecule has 3 aromatic rings. The van der Waals surface area contributed by atoms with E-state index in [0.717, 1.165) is 49.0 Å². The van der Waals surface area contributed by atoms with Gasteiger partial charge in [-0.15, -0.1) is 0 Å². The average Bonchev–Trinajstić information content (AvgIpc) is 3.55. The summed E-state index contributed by atoms with van der Waals surface area (Å²) >= 11 is 0. The van der Waals surface area contributed by atoms with Gasteiger partial charge >= 0.3 is 0 Å². The van der Waals surface area contributed by atoms with Gasteiger partial charge in [-0.2, -0.15) is 10.4 Å². The molecule has 8 heteroatoms. The SMILES string of the molecule is CNC(=O)c1cnc(-c2ccc3cc(C#N)cnn23)cc1NC12CC(CC(=O)C3CC3)(C1)C2. The van der Waals surface area contributed by atoms with E-state index in [-0.39, 0.29) is 16.9 Å². The van der Waals surface area contributed by atoms with Gasteiger partial charge in [-0.05, 0) is 61.8 Å². The Hall–Kier alpha value is -3.73. The predicted octanol–water partition coefficient (Wildman–Crippen LogP) is 3.33. The number of carbonyl (C=O) groups excluding carboxylic acids is 2. The molecule has 0 unspecified atom stereocenters. The number of amides is 1. The van der Waals surface area contributed by atoms with E-state index >= 15 is 0 Å². The van der Waals surface area contributed by atoms with Crippen LogP contribution in [0.5, 0.6) is 0 Å². The highest BCUT2D eigenvalue weighted by atomic mass is 16.1. The third-order valence-corrected chi connectivity index (χ3v) is 7.39.